The van der Waals surface area contributed by atoms with Crippen molar-refractivity contribution in [1.82, 2.24) is 24.8 Å². The highest BCUT2D eigenvalue weighted by atomic mass is 32.1. The Morgan fingerprint density at radius 3 is 2.53 bits per heavy atom. The number of fused-ring (bicyclic) bond motifs is 1. The van der Waals surface area contributed by atoms with Crippen LogP contribution in [0.3, 0.4) is 0 Å². The summed E-state index contributed by atoms with van der Waals surface area (Å²) >= 11 is 1.30. The Kier molecular flexibility index (Phi) is 9.90. The third-order valence-electron chi connectivity index (χ3n) is 4.89. The van der Waals surface area contributed by atoms with Gasteiger partial charge in [-0.2, -0.15) is 0 Å². The third-order valence-corrected chi connectivity index (χ3v) is 5.76. The molecule has 2 heterocycles. The number of benzene rings is 1. The summed E-state index contributed by atoms with van der Waals surface area (Å²) in [6.45, 7) is 3.26. The SMILES string of the molecule is C.CN(CC(N)=O)C(=O)OCc1csc2nnc([C@@H](COCc3ccccc3)NC(=O)C(C)(C)N)n12. The first kappa shape index (κ1) is 28.7. The number of aromatic nitrogens is 3. The highest BCUT2D eigenvalue weighted by Gasteiger charge is 2.29. The number of likely N-dealkylation sites (N-methyl/N-ethyl adjacent to an activating group) is 1. The molecule has 5 N–H and O–H groups in total. The van der Waals surface area contributed by atoms with E-state index >= 15 is 0 Å². The lowest BCUT2D eigenvalue weighted by Crippen LogP contribution is -2.51. The fourth-order valence-corrected chi connectivity index (χ4v) is 3.88. The minimum Gasteiger partial charge on any atom is -0.443 e. The van der Waals surface area contributed by atoms with Crippen LogP contribution in [0.25, 0.3) is 4.96 Å². The highest BCUT2D eigenvalue weighted by Crippen LogP contribution is 2.22. The predicted octanol–water partition coefficient (Wildman–Crippen LogP) is 1.59. The second-order valence-corrected chi connectivity index (χ2v) is 9.37. The van der Waals surface area contributed by atoms with E-state index in [0.717, 1.165) is 10.5 Å². The molecule has 0 saturated heterocycles. The summed E-state index contributed by atoms with van der Waals surface area (Å²) in [4.78, 5) is 37.5. The maximum absolute atomic E-state index is 12.7. The monoisotopic (exact) mass is 519 g/mol. The molecule has 1 aromatic carbocycles. The molecular weight excluding hydrogens is 486 g/mol. The lowest BCUT2D eigenvalue weighted by molar-refractivity contribution is -0.126. The topological polar surface area (TPSA) is 167 Å². The van der Waals surface area contributed by atoms with Gasteiger partial charge in [0.2, 0.25) is 16.8 Å². The van der Waals surface area contributed by atoms with Crippen molar-refractivity contribution in [3.05, 3.63) is 52.8 Å². The molecule has 13 heteroatoms. The van der Waals surface area contributed by atoms with Gasteiger partial charge in [0.15, 0.2) is 5.82 Å². The van der Waals surface area contributed by atoms with E-state index in [4.69, 9.17) is 20.9 Å². The molecule has 0 unspecified atom stereocenters. The van der Waals surface area contributed by atoms with Crippen molar-refractivity contribution in [2.75, 3.05) is 20.2 Å². The number of nitrogens with zero attached hydrogens (tertiary/aromatic N) is 4. The average molecular weight is 520 g/mol. The van der Waals surface area contributed by atoms with Crippen molar-refractivity contribution >= 4 is 34.2 Å². The second kappa shape index (κ2) is 12.4. The van der Waals surface area contributed by atoms with Crippen LogP contribution in [0.1, 0.15) is 44.4 Å². The minimum atomic E-state index is -1.13. The zero-order valence-electron chi connectivity index (χ0n) is 19.8. The molecule has 1 atom stereocenters. The van der Waals surface area contributed by atoms with Crippen LogP contribution in [-0.2, 0) is 32.3 Å². The molecule has 36 heavy (non-hydrogen) atoms. The number of hydrogen-bond acceptors (Lipinski definition) is 9. The van der Waals surface area contributed by atoms with Crippen molar-refractivity contribution in [2.24, 2.45) is 11.5 Å². The Hall–Kier alpha value is -3.55. The van der Waals surface area contributed by atoms with Crippen molar-refractivity contribution in [3.63, 3.8) is 0 Å². The van der Waals surface area contributed by atoms with Gasteiger partial charge >= 0.3 is 6.09 Å². The maximum Gasteiger partial charge on any atom is 0.410 e. The molecule has 0 fully saturated rings. The van der Waals surface area contributed by atoms with Gasteiger partial charge in [0.25, 0.3) is 0 Å². The van der Waals surface area contributed by atoms with E-state index in [9.17, 15) is 14.4 Å². The van der Waals surface area contributed by atoms with Gasteiger partial charge in [-0.05, 0) is 19.4 Å². The highest BCUT2D eigenvalue weighted by molar-refractivity contribution is 7.15. The molecule has 0 radical (unpaired) electrons. The molecule has 0 aliphatic carbocycles. The summed E-state index contributed by atoms with van der Waals surface area (Å²) in [6.07, 6.45) is -0.710. The van der Waals surface area contributed by atoms with Gasteiger partial charge in [-0.1, -0.05) is 37.8 Å². The van der Waals surface area contributed by atoms with Gasteiger partial charge in [0.1, 0.15) is 19.2 Å². The quantitative estimate of drug-likeness (QED) is 0.343. The van der Waals surface area contributed by atoms with Gasteiger partial charge in [-0.25, -0.2) is 4.79 Å². The molecule has 2 aromatic heterocycles. The van der Waals surface area contributed by atoms with E-state index in [0.29, 0.717) is 23.1 Å². The lowest BCUT2D eigenvalue weighted by Gasteiger charge is -2.23. The predicted molar refractivity (Wildman–Crippen MR) is 135 cm³/mol. The molecule has 0 aliphatic rings. The first-order chi connectivity index (χ1) is 16.6. The fraction of sp³-hybridized carbons (Fsp3) is 0.435. The van der Waals surface area contributed by atoms with Crippen LogP contribution in [0.5, 0.6) is 0 Å². The standard InChI is InChI=1S/C22H29N7O5S.CH4/c1-22(2,24)19(31)25-16(12-33-10-14-7-5-4-6-8-14)18-26-27-20-29(18)15(13-35-20)11-34-21(32)28(3)9-17(23)30;/h4-8,13,16H,9-12,24H2,1-3H3,(H2,23,30)(H,25,31);1H4/t16-;/m1./s1. The first-order valence-electron chi connectivity index (χ1n) is 10.8. The molecular formula is C23H33N7O5S. The minimum absolute atomic E-state index is 0. The van der Waals surface area contributed by atoms with Gasteiger partial charge in [-0.3, -0.25) is 14.0 Å². The molecule has 196 valence electrons. The summed E-state index contributed by atoms with van der Waals surface area (Å²) in [5, 5.41) is 13.1. The number of primary amides is 1. The van der Waals surface area contributed by atoms with E-state index in [1.807, 2.05) is 30.3 Å². The fourth-order valence-electron chi connectivity index (χ4n) is 3.06. The summed E-state index contributed by atoms with van der Waals surface area (Å²) in [7, 11) is 1.41. The van der Waals surface area contributed by atoms with Crippen LogP contribution in [0.2, 0.25) is 0 Å². The second-order valence-electron chi connectivity index (χ2n) is 8.53. The van der Waals surface area contributed by atoms with Crippen LogP contribution < -0.4 is 16.8 Å². The maximum atomic E-state index is 12.7. The van der Waals surface area contributed by atoms with Crippen molar-refractivity contribution in [1.29, 1.82) is 0 Å². The van der Waals surface area contributed by atoms with E-state index < -0.39 is 23.6 Å². The van der Waals surface area contributed by atoms with E-state index in [1.54, 1.807) is 23.6 Å². The third kappa shape index (κ3) is 7.47. The summed E-state index contributed by atoms with van der Waals surface area (Å²) in [6, 6.07) is 8.94. The number of hydrogen-bond donors (Lipinski definition) is 3. The van der Waals surface area contributed by atoms with Gasteiger partial charge < -0.3 is 31.2 Å². The molecule has 3 amide bonds. The Morgan fingerprint density at radius 1 is 1.19 bits per heavy atom. The largest absolute Gasteiger partial charge is 0.443 e. The number of thiazole rings is 1. The van der Waals surface area contributed by atoms with Gasteiger partial charge in [0.05, 0.1) is 24.4 Å². The van der Waals surface area contributed by atoms with E-state index in [-0.39, 0.29) is 33.1 Å². The number of rotatable bonds is 11. The molecule has 12 nitrogen and oxygen atoms in total. The van der Waals surface area contributed by atoms with Gasteiger partial charge in [0, 0.05) is 12.4 Å². The van der Waals surface area contributed by atoms with Crippen molar-refractivity contribution < 1.29 is 23.9 Å². The Morgan fingerprint density at radius 2 is 1.89 bits per heavy atom. The molecule has 0 bridgehead atoms. The zero-order chi connectivity index (χ0) is 25.6. The van der Waals surface area contributed by atoms with Crippen LogP contribution in [0.4, 0.5) is 4.79 Å². The molecule has 3 aromatic rings. The van der Waals surface area contributed by atoms with E-state index in [2.05, 4.69) is 15.5 Å². The van der Waals surface area contributed by atoms with Gasteiger partial charge in [-0.15, -0.1) is 21.5 Å². The van der Waals surface area contributed by atoms with Crippen LogP contribution in [0.15, 0.2) is 35.7 Å². The lowest BCUT2D eigenvalue weighted by atomic mass is 10.1. The summed E-state index contributed by atoms with van der Waals surface area (Å²) in [5.41, 5.74) is 11.5. The molecule has 0 spiro atoms. The molecule has 3 rings (SSSR count). The van der Waals surface area contributed by atoms with Crippen LogP contribution >= 0.6 is 11.3 Å². The summed E-state index contributed by atoms with van der Waals surface area (Å²) in [5.74, 6) is -0.636. The smallest absolute Gasteiger partial charge is 0.410 e. The Balaban J connectivity index is 0.00000456. The molecule has 0 saturated carbocycles. The number of carbonyl (C=O) groups excluding carboxylic acids is 3. The number of nitrogens with two attached hydrogens (primary N) is 2. The number of carbonyl (C=O) groups is 3. The van der Waals surface area contributed by atoms with E-state index in [1.165, 1.54) is 18.4 Å². The number of ether oxygens (including phenoxy) is 2. The zero-order valence-corrected chi connectivity index (χ0v) is 20.6. The number of amides is 3. The Labute approximate surface area is 213 Å². The normalized spacial score (nSPS) is 12.0. The van der Waals surface area contributed by atoms with Crippen LogP contribution in [0, 0.1) is 0 Å². The van der Waals surface area contributed by atoms with Crippen LogP contribution in [-0.4, -0.2) is 63.1 Å². The van der Waals surface area contributed by atoms with Crippen molar-refractivity contribution in [3.8, 4) is 0 Å². The summed E-state index contributed by atoms with van der Waals surface area (Å²) < 4.78 is 12.9. The first-order valence-corrected chi connectivity index (χ1v) is 11.6. The number of nitrogens with one attached hydrogen (secondary N) is 1. The molecule has 0 aliphatic heterocycles. The Bertz CT molecular complexity index is 1170. The van der Waals surface area contributed by atoms with Crippen molar-refractivity contribution in [2.45, 2.75) is 46.1 Å². The average Bonchev–Trinajstić information content (AvgIpc) is 3.39.